The molecule has 0 aromatic heterocycles. The number of fused-ring (bicyclic) bond motifs is 1. The van der Waals surface area contributed by atoms with E-state index in [1.807, 2.05) is 60.7 Å². The third-order valence-electron chi connectivity index (χ3n) is 4.41. The molecule has 4 rings (SSSR count). The van der Waals surface area contributed by atoms with Crippen LogP contribution in [0.4, 0.5) is 10.5 Å². The number of anilines is 1. The molecule has 0 radical (unpaired) electrons. The monoisotopic (exact) mass is 514 g/mol. The number of thioether (sulfide) groups is 1. The van der Waals surface area contributed by atoms with Crippen LogP contribution in [0.1, 0.15) is 5.56 Å². The number of hydrogen-bond donors (Lipinski definition) is 1. The number of imide groups is 1. The molecule has 144 valence electrons. The quantitative estimate of drug-likeness (QED) is 0.388. The first-order valence-electron chi connectivity index (χ1n) is 8.80. The molecule has 7 heteroatoms. The van der Waals surface area contributed by atoms with Gasteiger partial charge < -0.3 is 5.32 Å². The van der Waals surface area contributed by atoms with Crippen molar-refractivity contribution in [2.24, 2.45) is 0 Å². The van der Waals surface area contributed by atoms with E-state index in [0.717, 1.165) is 36.6 Å². The van der Waals surface area contributed by atoms with E-state index in [2.05, 4.69) is 27.9 Å². The maximum atomic E-state index is 12.6. The smallest absolute Gasteiger partial charge is 0.294 e. The van der Waals surface area contributed by atoms with E-state index in [0.29, 0.717) is 10.6 Å². The lowest BCUT2D eigenvalue weighted by Gasteiger charge is -2.13. The zero-order valence-corrected chi connectivity index (χ0v) is 18.1. The second-order valence-corrected chi connectivity index (χ2v) is 8.63. The molecule has 1 saturated heterocycles. The van der Waals surface area contributed by atoms with Crippen LogP contribution >= 0.6 is 34.4 Å². The molecule has 0 bridgehead atoms. The van der Waals surface area contributed by atoms with Gasteiger partial charge in [-0.2, -0.15) is 0 Å². The number of nitrogens with zero attached hydrogens (tertiary/aromatic N) is 1. The zero-order chi connectivity index (χ0) is 20.4. The number of carbonyl (C=O) groups excluding carboxylic acids is 3. The van der Waals surface area contributed by atoms with Crippen molar-refractivity contribution in [2.75, 3.05) is 11.9 Å². The van der Waals surface area contributed by atoms with E-state index < -0.39 is 17.1 Å². The van der Waals surface area contributed by atoms with E-state index in [4.69, 9.17) is 0 Å². The largest absolute Gasteiger partial charge is 0.324 e. The molecule has 1 aliphatic heterocycles. The Labute approximate surface area is 185 Å². The van der Waals surface area contributed by atoms with Crippen molar-refractivity contribution in [2.45, 2.75) is 0 Å². The van der Waals surface area contributed by atoms with Crippen molar-refractivity contribution in [1.82, 2.24) is 4.90 Å². The van der Waals surface area contributed by atoms with Gasteiger partial charge in [0.05, 0.1) is 4.91 Å². The molecular weight excluding hydrogens is 499 g/mol. The highest BCUT2D eigenvalue weighted by atomic mass is 127. The van der Waals surface area contributed by atoms with Crippen LogP contribution in [-0.4, -0.2) is 28.5 Å². The Balaban J connectivity index is 1.48. The van der Waals surface area contributed by atoms with E-state index in [1.54, 1.807) is 12.1 Å². The van der Waals surface area contributed by atoms with Crippen molar-refractivity contribution >= 4 is 73.9 Å². The predicted octanol–water partition coefficient (Wildman–Crippen LogP) is 5.12. The van der Waals surface area contributed by atoms with E-state index in [-0.39, 0.29) is 6.54 Å². The van der Waals surface area contributed by atoms with Gasteiger partial charge in [0.2, 0.25) is 5.91 Å². The van der Waals surface area contributed by atoms with Crippen LogP contribution in [0.15, 0.2) is 71.6 Å². The molecule has 5 nitrogen and oxygen atoms in total. The van der Waals surface area contributed by atoms with Crippen molar-refractivity contribution in [3.8, 4) is 0 Å². The highest BCUT2D eigenvalue weighted by Crippen LogP contribution is 2.32. The molecule has 1 heterocycles. The zero-order valence-electron chi connectivity index (χ0n) is 15.1. The normalized spacial score (nSPS) is 15.3. The first kappa shape index (κ1) is 19.7. The maximum Gasteiger partial charge on any atom is 0.294 e. The second-order valence-electron chi connectivity index (χ2n) is 6.39. The fourth-order valence-corrected chi connectivity index (χ4v) is 4.21. The minimum absolute atomic E-state index is 0.314. The van der Waals surface area contributed by atoms with Crippen LogP contribution in [0.3, 0.4) is 0 Å². The van der Waals surface area contributed by atoms with Crippen LogP contribution in [0.2, 0.25) is 0 Å². The maximum absolute atomic E-state index is 12.6. The summed E-state index contributed by atoms with van der Waals surface area (Å²) in [6.07, 6.45) is 1.67. The number of carbonyl (C=O) groups is 3. The minimum atomic E-state index is -0.452. The van der Waals surface area contributed by atoms with Gasteiger partial charge in [0.25, 0.3) is 11.1 Å². The summed E-state index contributed by atoms with van der Waals surface area (Å²) in [6.45, 7) is -0.322. The van der Waals surface area contributed by atoms with Gasteiger partial charge in [0.1, 0.15) is 6.54 Å². The van der Waals surface area contributed by atoms with E-state index >= 15 is 0 Å². The van der Waals surface area contributed by atoms with Gasteiger partial charge in [-0.25, -0.2) is 0 Å². The Hall–Kier alpha value is -2.65. The molecule has 1 N–H and O–H groups in total. The summed E-state index contributed by atoms with van der Waals surface area (Å²) in [5.74, 6) is -0.870. The van der Waals surface area contributed by atoms with Crippen LogP contribution in [-0.2, 0) is 9.59 Å². The topological polar surface area (TPSA) is 66.5 Å². The molecule has 1 fully saturated rings. The van der Waals surface area contributed by atoms with Crippen molar-refractivity contribution in [3.05, 3.63) is 80.8 Å². The van der Waals surface area contributed by atoms with Gasteiger partial charge in [-0.3, -0.25) is 19.3 Å². The number of halogens is 1. The summed E-state index contributed by atoms with van der Waals surface area (Å²) in [6, 6.07) is 20.9. The minimum Gasteiger partial charge on any atom is -0.324 e. The Morgan fingerprint density at radius 1 is 1.00 bits per heavy atom. The van der Waals surface area contributed by atoms with Gasteiger partial charge in [-0.05, 0) is 69.6 Å². The number of rotatable bonds is 4. The number of nitrogens with one attached hydrogen (secondary N) is 1. The molecule has 3 aromatic carbocycles. The van der Waals surface area contributed by atoms with Gasteiger partial charge in [-0.15, -0.1) is 0 Å². The average Bonchev–Trinajstić information content (AvgIpc) is 2.97. The van der Waals surface area contributed by atoms with E-state index in [9.17, 15) is 14.4 Å². The molecule has 29 heavy (non-hydrogen) atoms. The molecule has 0 atom stereocenters. The number of benzene rings is 3. The number of hydrogen-bond acceptors (Lipinski definition) is 4. The molecule has 3 amide bonds. The molecule has 0 saturated carbocycles. The Bertz CT molecular complexity index is 1150. The SMILES string of the molecule is O=C(CN1C(=O)S/C(=C\c2ccc(I)cc2)C1=O)Nc1cccc2ccccc12. The van der Waals surface area contributed by atoms with Crippen LogP contribution in [0, 0.1) is 3.57 Å². The molecule has 1 aliphatic rings. The molecule has 0 unspecified atom stereocenters. The fourth-order valence-electron chi connectivity index (χ4n) is 3.01. The first-order valence-corrected chi connectivity index (χ1v) is 10.7. The summed E-state index contributed by atoms with van der Waals surface area (Å²) in [4.78, 5) is 38.7. The Morgan fingerprint density at radius 3 is 2.52 bits per heavy atom. The van der Waals surface area contributed by atoms with Gasteiger partial charge in [0.15, 0.2) is 0 Å². The predicted molar refractivity (Wildman–Crippen MR) is 124 cm³/mol. The lowest BCUT2D eigenvalue weighted by molar-refractivity contribution is -0.127. The molecule has 0 aliphatic carbocycles. The molecular formula is C22H15IN2O3S. The fraction of sp³-hybridized carbons (Fsp3) is 0.0455. The van der Waals surface area contributed by atoms with Gasteiger partial charge in [-0.1, -0.05) is 48.5 Å². The van der Waals surface area contributed by atoms with Gasteiger partial charge >= 0.3 is 0 Å². The van der Waals surface area contributed by atoms with E-state index in [1.165, 1.54) is 0 Å². The van der Waals surface area contributed by atoms with Crippen molar-refractivity contribution in [3.63, 3.8) is 0 Å². The highest BCUT2D eigenvalue weighted by molar-refractivity contribution is 14.1. The standard InChI is InChI=1S/C22H15IN2O3S/c23-16-10-8-14(9-11-16)12-19-21(27)25(22(28)29-19)13-20(26)24-18-7-3-5-15-4-1-2-6-17(15)18/h1-12H,13H2,(H,24,26)/b19-12-. The first-order chi connectivity index (χ1) is 14.0. The third-order valence-corrected chi connectivity index (χ3v) is 6.03. The molecule has 3 aromatic rings. The summed E-state index contributed by atoms with van der Waals surface area (Å²) in [5, 5.41) is 4.26. The molecule has 0 spiro atoms. The Kier molecular flexibility index (Phi) is 5.68. The third kappa shape index (κ3) is 4.35. The Morgan fingerprint density at radius 2 is 1.72 bits per heavy atom. The van der Waals surface area contributed by atoms with Crippen LogP contribution < -0.4 is 5.32 Å². The van der Waals surface area contributed by atoms with Crippen LogP contribution in [0.25, 0.3) is 16.8 Å². The van der Waals surface area contributed by atoms with Crippen molar-refractivity contribution < 1.29 is 14.4 Å². The summed E-state index contributed by atoms with van der Waals surface area (Å²) >= 11 is 3.05. The van der Waals surface area contributed by atoms with Crippen molar-refractivity contribution in [1.29, 1.82) is 0 Å². The second kappa shape index (κ2) is 8.38. The number of amides is 3. The lowest BCUT2D eigenvalue weighted by Crippen LogP contribution is -2.36. The van der Waals surface area contributed by atoms with Crippen LogP contribution in [0.5, 0.6) is 0 Å². The highest BCUT2D eigenvalue weighted by Gasteiger charge is 2.36. The summed E-state index contributed by atoms with van der Waals surface area (Å²) in [5.41, 5.74) is 1.48. The van der Waals surface area contributed by atoms with Gasteiger partial charge in [0, 0.05) is 14.6 Å². The average molecular weight is 514 g/mol. The lowest BCUT2D eigenvalue weighted by atomic mass is 10.1. The summed E-state index contributed by atoms with van der Waals surface area (Å²) < 4.78 is 1.08. The summed E-state index contributed by atoms with van der Waals surface area (Å²) in [7, 11) is 0.